The van der Waals surface area contributed by atoms with Crippen LogP contribution in [0.2, 0.25) is 0 Å². The number of nitrogens with one attached hydrogen (secondary N) is 1. The molecule has 1 aromatic heterocycles. The van der Waals surface area contributed by atoms with Crippen LogP contribution in [0.15, 0.2) is 36.8 Å². The summed E-state index contributed by atoms with van der Waals surface area (Å²) in [5, 5.41) is 3.29. The van der Waals surface area contributed by atoms with E-state index in [1.54, 1.807) is 12.5 Å². The number of rotatable bonds is 3. The van der Waals surface area contributed by atoms with Crippen molar-refractivity contribution in [3.05, 3.63) is 59.2 Å². The molecule has 0 bridgehead atoms. The zero-order valence-electron chi connectivity index (χ0n) is 10.4. The normalized spacial score (nSPS) is 12.4. The van der Waals surface area contributed by atoms with Crippen molar-refractivity contribution in [1.82, 2.24) is 15.3 Å². The summed E-state index contributed by atoms with van der Waals surface area (Å²) in [6.45, 7) is 4.25. The van der Waals surface area contributed by atoms with E-state index in [1.165, 1.54) is 16.7 Å². The van der Waals surface area contributed by atoms with Crippen LogP contribution in [0.3, 0.4) is 0 Å². The van der Waals surface area contributed by atoms with E-state index in [9.17, 15) is 0 Å². The predicted molar refractivity (Wildman–Crippen MR) is 68.9 cm³/mol. The van der Waals surface area contributed by atoms with E-state index in [-0.39, 0.29) is 6.04 Å². The molecule has 88 valence electrons. The van der Waals surface area contributed by atoms with E-state index in [2.05, 4.69) is 47.3 Å². The Morgan fingerprint density at radius 2 is 1.94 bits per heavy atom. The van der Waals surface area contributed by atoms with Gasteiger partial charge in [0.1, 0.15) is 6.33 Å². The Morgan fingerprint density at radius 1 is 1.12 bits per heavy atom. The SMILES string of the molecule is CNC(c1ccc(C)c(C)c1)c1ccncn1. The Hall–Kier alpha value is -1.74. The number of nitrogens with zero attached hydrogens (tertiary/aromatic N) is 2. The Bertz CT molecular complexity index is 494. The molecule has 0 aliphatic heterocycles. The number of hydrogen-bond acceptors (Lipinski definition) is 3. The largest absolute Gasteiger partial charge is 0.308 e. The van der Waals surface area contributed by atoms with Gasteiger partial charge in [0.2, 0.25) is 0 Å². The smallest absolute Gasteiger partial charge is 0.115 e. The van der Waals surface area contributed by atoms with Gasteiger partial charge in [-0.1, -0.05) is 18.2 Å². The zero-order valence-corrected chi connectivity index (χ0v) is 10.4. The fourth-order valence-corrected chi connectivity index (χ4v) is 1.90. The maximum absolute atomic E-state index is 4.30. The second kappa shape index (κ2) is 5.06. The maximum atomic E-state index is 4.30. The minimum atomic E-state index is 0.123. The van der Waals surface area contributed by atoms with E-state index in [0.29, 0.717) is 0 Å². The second-order valence-corrected chi connectivity index (χ2v) is 4.20. The van der Waals surface area contributed by atoms with Crippen LogP contribution in [0.25, 0.3) is 0 Å². The lowest BCUT2D eigenvalue weighted by atomic mass is 9.99. The Labute approximate surface area is 102 Å². The molecule has 0 spiro atoms. The number of aryl methyl sites for hydroxylation is 2. The number of aromatic nitrogens is 2. The molecule has 2 aromatic rings. The first-order chi connectivity index (χ1) is 8.22. The van der Waals surface area contributed by atoms with Crippen LogP contribution in [-0.2, 0) is 0 Å². The van der Waals surface area contributed by atoms with E-state index in [1.807, 2.05) is 13.1 Å². The van der Waals surface area contributed by atoms with Crippen molar-refractivity contribution in [2.45, 2.75) is 19.9 Å². The molecule has 0 aliphatic rings. The van der Waals surface area contributed by atoms with Gasteiger partial charge in [-0.15, -0.1) is 0 Å². The fraction of sp³-hybridized carbons (Fsp3) is 0.286. The van der Waals surface area contributed by atoms with E-state index >= 15 is 0 Å². The summed E-state index contributed by atoms with van der Waals surface area (Å²) < 4.78 is 0. The van der Waals surface area contributed by atoms with Crippen molar-refractivity contribution < 1.29 is 0 Å². The molecule has 0 saturated heterocycles. The first-order valence-corrected chi connectivity index (χ1v) is 5.72. The van der Waals surface area contributed by atoms with Gasteiger partial charge in [-0.05, 0) is 43.7 Å². The van der Waals surface area contributed by atoms with E-state index < -0.39 is 0 Å². The lowest BCUT2D eigenvalue weighted by Gasteiger charge is -2.17. The van der Waals surface area contributed by atoms with Crippen molar-refractivity contribution in [1.29, 1.82) is 0 Å². The molecular weight excluding hydrogens is 210 g/mol. The standard InChI is InChI=1S/C14H17N3/c1-10-4-5-12(8-11(10)2)14(15-3)13-6-7-16-9-17-13/h4-9,14-15H,1-3H3. The van der Waals surface area contributed by atoms with Crippen molar-refractivity contribution >= 4 is 0 Å². The molecule has 1 unspecified atom stereocenters. The predicted octanol–water partition coefficient (Wildman–Crippen LogP) is 2.40. The molecule has 0 amide bonds. The van der Waals surface area contributed by atoms with Gasteiger partial charge in [-0.2, -0.15) is 0 Å². The van der Waals surface area contributed by atoms with Gasteiger partial charge in [0, 0.05) is 6.20 Å². The molecular formula is C14H17N3. The van der Waals surface area contributed by atoms with Gasteiger partial charge in [0.25, 0.3) is 0 Å². The van der Waals surface area contributed by atoms with Crippen LogP contribution < -0.4 is 5.32 Å². The average Bonchev–Trinajstić information content (AvgIpc) is 2.36. The molecule has 17 heavy (non-hydrogen) atoms. The minimum Gasteiger partial charge on any atom is -0.308 e. The summed E-state index contributed by atoms with van der Waals surface area (Å²) in [4.78, 5) is 8.25. The highest BCUT2D eigenvalue weighted by Gasteiger charge is 2.13. The summed E-state index contributed by atoms with van der Waals surface area (Å²) in [6.07, 6.45) is 3.36. The van der Waals surface area contributed by atoms with Gasteiger partial charge < -0.3 is 5.32 Å². The quantitative estimate of drug-likeness (QED) is 0.875. The lowest BCUT2D eigenvalue weighted by Crippen LogP contribution is -2.19. The Morgan fingerprint density at radius 3 is 2.53 bits per heavy atom. The van der Waals surface area contributed by atoms with Crippen LogP contribution in [0.5, 0.6) is 0 Å². The van der Waals surface area contributed by atoms with Gasteiger partial charge in [0.05, 0.1) is 11.7 Å². The van der Waals surface area contributed by atoms with Gasteiger partial charge in [-0.25, -0.2) is 9.97 Å². The van der Waals surface area contributed by atoms with Crippen LogP contribution >= 0.6 is 0 Å². The molecule has 0 saturated carbocycles. The lowest BCUT2D eigenvalue weighted by molar-refractivity contribution is 0.667. The third kappa shape index (κ3) is 2.50. The minimum absolute atomic E-state index is 0.123. The molecule has 0 aliphatic carbocycles. The van der Waals surface area contributed by atoms with E-state index in [4.69, 9.17) is 0 Å². The molecule has 3 nitrogen and oxygen atoms in total. The van der Waals surface area contributed by atoms with Gasteiger partial charge in [0.15, 0.2) is 0 Å². The second-order valence-electron chi connectivity index (χ2n) is 4.20. The van der Waals surface area contributed by atoms with Gasteiger partial charge >= 0.3 is 0 Å². The highest BCUT2D eigenvalue weighted by atomic mass is 14.9. The summed E-state index contributed by atoms with van der Waals surface area (Å²) in [5.74, 6) is 0. The Kier molecular flexibility index (Phi) is 3.49. The fourth-order valence-electron chi connectivity index (χ4n) is 1.90. The Balaban J connectivity index is 2.39. The molecule has 1 N–H and O–H groups in total. The van der Waals surface area contributed by atoms with Crippen LogP contribution in [0, 0.1) is 13.8 Å². The van der Waals surface area contributed by atoms with Crippen molar-refractivity contribution in [2.24, 2.45) is 0 Å². The van der Waals surface area contributed by atoms with Crippen LogP contribution in [0.4, 0.5) is 0 Å². The van der Waals surface area contributed by atoms with Gasteiger partial charge in [-0.3, -0.25) is 0 Å². The monoisotopic (exact) mass is 227 g/mol. The molecule has 0 fully saturated rings. The van der Waals surface area contributed by atoms with E-state index in [0.717, 1.165) is 5.69 Å². The number of hydrogen-bond donors (Lipinski definition) is 1. The zero-order chi connectivity index (χ0) is 12.3. The molecule has 3 heteroatoms. The summed E-state index contributed by atoms with van der Waals surface area (Å²) in [5.41, 5.74) is 4.84. The summed E-state index contributed by atoms with van der Waals surface area (Å²) in [7, 11) is 1.95. The van der Waals surface area contributed by atoms with Crippen LogP contribution in [0.1, 0.15) is 28.4 Å². The molecule has 0 radical (unpaired) electrons. The number of benzene rings is 1. The molecule has 1 atom stereocenters. The third-order valence-corrected chi connectivity index (χ3v) is 3.05. The first kappa shape index (κ1) is 11.7. The first-order valence-electron chi connectivity index (χ1n) is 5.72. The summed E-state index contributed by atoms with van der Waals surface area (Å²) in [6, 6.07) is 8.56. The highest BCUT2D eigenvalue weighted by Crippen LogP contribution is 2.21. The third-order valence-electron chi connectivity index (χ3n) is 3.05. The molecule has 2 rings (SSSR count). The van der Waals surface area contributed by atoms with Crippen molar-refractivity contribution in [3.63, 3.8) is 0 Å². The maximum Gasteiger partial charge on any atom is 0.115 e. The topological polar surface area (TPSA) is 37.8 Å². The highest BCUT2D eigenvalue weighted by molar-refractivity contribution is 5.34. The van der Waals surface area contributed by atoms with Crippen LogP contribution in [-0.4, -0.2) is 17.0 Å². The molecule has 1 aromatic carbocycles. The van der Waals surface area contributed by atoms with Crippen molar-refractivity contribution in [2.75, 3.05) is 7.05 Å². The molecule has 1 heterocycles. The average molecular weight is 227 g/mol. The summed E-state index contributed by atoms with van der Waals surface area (Å²) >= 11 is 0. The van der Waals surface area contributed by atoms with Crippen molar-refractivity contribution in [3.8, 4) is 0 Å².